The van der Waals surface area contributed by atoms with E-state index in [2.05, 4.69) is 139 Å². The minimum absolute atomic E-state index is 0.140. The van der Waals surface area contributed by atoms with E-state index in [1.54, 1.807) is 22.8 Å². The van der Waals surface area contributed by atoms with Gasteiger partial charge in [0.05, 0.1) is 63.9 Å². The molecule has 0 spiro atoms. The summed E-state index contributed by atoms with van der Waals surface area (Å²) in [7, 11) is 3.80. The largest absolute Gasteiger partial charge is 0.456 e. The van der Waals surface area contributed by atoms with Crippen LogP contribution >= 0.6 is 0 Å². The summed E-state index contributed by atoms with van der Waals surface area (Å²) in [5.74, 6) is 1.77. The molecule has 14 rings (SSSR count). The van der Waals surface area contributed by atoms with Crippen molar-refractivity contribution in [3.05, 3.63) is 261 Å². The second-order valence-corrected chi connectivity index (χ2v) is 20.9. The number of imidazole rings is 1. The standard InChI is InChI=1S/C72H56N6O/c1-72(2,3)52-39-40-73-70(42-52)78-64-37-35-51(48-21-9-6-10-22-48)41-60(64)61-45-68(77-62-33-17-15-29-58(62)59-30-16-18-34-63(59)77)69(46-66(61)78)79-55-28-19-27-54(43-55)75-47-76(67-44-53(74(4)5)36-38-65(67)75)71-56(49-23-11-7-12-24-49)31-20-32-57(71)50-25-13-8-14-26-50/h6-46H,1-5H3/i7D,8D,11D,12D,13D,14D,23D,24D,25D,26D. The van der Waals surface area contributed by atoms with E-state index in [-0.39, 0.29) is 33.4 Å². The fourth-order valence-electron chi connectivity index (χ4n) is 11.0. The molecule has 0 aliphatic rings. The third-order valence-corrected chi connectivity index (χ3v) is 14.9. The Kier molecular flexibility index (Phi) is 9.04. The molecular formula is C72H56N6O. The first kappa shape index (κ1) is 37.7. The van der Waals surface area contributed by atoms with Gasteiger partial charge in [-0.05, 0) is 117 Å². The fraction of sp³-hybridized carbons (Fsp3) is 0.0833. The van der Waals surface area contributed by atoms with Gasteiger partial charge in [-0.3, -0.25) is 13.7 Å². The maximum Gasteiger partial charge on any atom is 0.269 e. The van der Waals surface area contributed by atoms with Crippen LogP contribution in [0.1, 0.15) is 40.0 Å². The Labute approximate surface area is 473 Å². The summed E-state index contributed by atoms with van der Waals surface area (Å²) in [6, 6.07) is 55.2. The van der Waals surface area contributed by atoms with Gasteiger partial charge < -0.3 is 14.2 Å². The molecule has 4 heterocycles. The Balaban J connectivity index is 1.03. The molecule has 0 N–H and O–H groups in total. The number of anilines is 1. The lowest BCUT2D eigenvalue weighted by Crippen LogP contribution is -2.31. The predicted molar refractivity (Wildman–Crippen MR) is 326 cm³/mol. The molecule has 0 bridgehead atoms. The van der Waals surface area contributed by atoms with Crippen molar-refractivity contribution < 1.29 is 23.0 Å². The van der Waals surface area contributed by atoms with Gasteiger partial charge in [0.1, 0.15) is 11.6 Å². The molecule has 0 amide bonds. The highest BCUT2D eigenvalue weighted by Crippen LogP contribution is 2.44. The smallest absolute Gasteiger partial charge is 0.269 e. The normalized spacial score (nSPS) is 13.6. The van der Waals surface area contributed by atoms with Gasteiger partial charge >= 0.3 is 0 Å². The van der Waals surface area contributed by atoms with Crippen LogP contribution < -0.4 is 14.2 Å². The molecule has 0 saturated carbocycles. The Morgan fingerprint density at radius 3 is 1.84 bits per heavy atom. The van der Waals surface area contributed by atoms with Crippen LogP contribution in [0.15, 0.2) is 249 Å². The van der Waals surface area contributed by atoms with Gasteiger partial charge in [0.15, 0.2) is 5.75 Å². The lowest BCUT2D eigenvalue weighted by Gasteiger charge is -2.20. The van der Waals surface area contributed by atoms with Crippen LogP contribution in [-0.4, -0.2) is 32.8 Å². The van der Waals surface area contributed by atoms with Gasteiger partial charge in [-0.15, -0.1) is 0 Å². The molecule has 79 heavy (non-hydrogen) atoms. The molecule has 0 saturated heterocycles. The van der Waals surface area contributed by atoms with Crippen LogP contribution in [0.4, 0.5) is 5.69 Å². The topological polar surface area (TPSA) is 44.0 Å². The minimum Gasteiger partial charge on any atom is -0.456 e. The van der Waals surface area contributed by atoms with Gasteiger partial charge in [-0.1, -0.05) is 184 Å². The molecule has 0 aliphatic heterocycles. The highest BCUT2D eigenvalue weighted by molar-refractivity contribution is 6.13. The molecule has 4 aromatic heterocycles. The summed E-state index contributed by atoms with van der Waals surface area (Å²) in [6.07, 6.45) is 5.44. The van der Waals surface area contributed by atoms with Crippen LogP contribution in [0.25, 0.3) is 111 Å². The first-order valence-electron chi connectivity index (χ1n) is 31.2. The van der Waals surface area contributed by atoms with Crippen molar-refractivity contribution in [2.75, 3.05) is 19.0 Å². The Bertz CT molecular complexity index is 5080. The van der Waals surface area contributed by atoms with Crippen LogP contribution in [0.5, 0.6) is 11.5 Å². The summed E-state index contributed by atoms with van der Waals surface area (Å²) >= 11 is 0. The molecule has 14 aromatic rings. The van der Waals surface area contributed by atoms with Crippen LogP contribution in [0.2, 0.25) is 0 Å². The van der Waals surface area contributed by atoms with E-state index in [1.807, 2.05) is 90.4 Å². The van der Waals surface area contributed by atoms with Gasteiger partial charge in [-0.25, -0.2) is 4.98 Å². The predicted octanol–water partition coefficient (Wildman–Crippen LogP) is 17.5. The van der Waals surface area contributed by atoms with Gasteiger partial charge in [0, 0.05) is 53.6 Å². The third-order valence-electron chi connectivity index (χ3n) is 14.9. The van der Waals surface area contributed by atoms with Gasteiger partial charge in [0.25, 0.3) is 6.33 Å². The summed E-state index contributed by atoms with van der Waals surface area (Å²) < 4.78 is 105. The van der Waals surface area contributed by atoms with E-state index < -0.39 is 60.4 Å². The van der Waals surface area contributed by atoms with Crippen molar-refractivity contribution in [3.63, 3.8) is 0 Å². The number of fused-ring (bicyclic) bond motifs is 7. The van der Waals surface area contributed by atoms with E-state index in [9.17, 15) is 5.48 Å². The number of aromatic nitrogens is 5. The zero-order valence-electron chi connectivity index (χ0n) is 54.0. The zero-order chi connectivity index (χ0) is 62.1. The number of rotatable bonds is 10. The van der Waals surface area contributed by atoms with Crippen molar-refractivity contribution in [1.29, 1.82) is 0 Å². The molecule has 0 aliphatic carbocycles. The van der Waals surface area contributed by atoms with E-state index in [1.165, 1.54) is 0 Å². The van der Waals surface area contributed by atoms with E-state index in [0.717, 1.165) is 77.5 Å². The minimum atomic E-state index is -0.578. The fourth-order valence-corrected chi connectivity index (χ4v) is 11.0. The summed E-state index contributed by atoms with van der Waals surface area (Å²) in [6.45, 7) is 6.59. The summed E-state index contributed by atoms with van der Waals surface area (Å²) in [5, 5.41) is 4.18. The van der Waals surface area contributed by atoms with E-state index in [0.29, 0.717) is 28.2 Å². The quantitative estimate of drug-likeness (QED) is 0.101. The van der Waals surface area contributed by atoms with E-state index >= 15 is 0 Å². The summed E-state index contributed by atoms with van der Waals surface area (Å²) in [4.78, 5) is 6.99. The molecule has 7 nitrogen and oxygen atoms in total. The average Bonchev–Trinajstić information content (AvgIpc) is 1.67. The van der Waals surface area contributed by atoms with Crippen LogP contribution in [0, 0.1) is 6.33 Å². The number of nitrogens with zero attached hydrogens (tertiary/aromatic N) is 6. The molecule has 0 fully saturated rings. The lowest BCUT2D eigenvalue weighted by atomic mass is 9.88. The van der Waals surface area contributed by atoms with E-state index in [4.69, 9.17) is 17.9 Å². The maximum atomic E-state index is 9.25. The number of para-hydroxylation sites is 3. The summed E-state index contributed by atoms with van der Waals surface area (Å²) in [5.41, 5.74) is 10.4. The number of hydrogen-bond donors (Lipinski definition) is 0. The second-order valence-electron chi connectivity index (χ2n) is 20.9. The Morgan fingerprint density at radius 1 is 0.519 bits per heavy atom. The highest BCUT2D eigenvalue weighted by atomic mass is 16.5. The molecule has 7 heteroatoms. The second kappa shape index (κ2) is 18.9. The first-order valence-corrected chi connectivity index (χ1v) is 26.2. The van der Waals surface area contributed by atoms with Crippen molar-refractivity contribution in [1.82, 2.24) is 18.7 Å². The molecule has 0 radical (unpaired) electrons. The lowest BCUT2D eigenvalue weighted by molar-refractivity contribution is -0.571. The molecule has 10 aromatic carbocycles. The number of ether oxygens (including phenoxy) is 1. The Hall–Kier alpha value is -9.98. The first-order chi connectivity index (χ1) is 42.8. The maximum absolute atomic E-state index is 9.25. The highest BCUT2D eigenvalue weighted by Gasteiger charge is 2.25. The third kappa shape index (κ3) is 8.21. The van der Waals surface area contributed by atoms with Crippen LogP contribution in [0.3, 0.4) is 0 Å². The monoisotopic (exact) mass is 1030 g/mol. The number of benzene rings is 10. The van der Waals surface area contributed by atoms with Crippen molar-refractivity contribution in [3.8, 4) is 67.8 Å². The zero-order valence-corrected chi connectivity index (χ0v) is 44.0. The molecule has 380 valence electrons. The Morgan fingerprint density at radius 2 is 1.15 bits per heavy atom. The number of pyridine rings is 1. The van der Waals surface area contributed by atoms with Crippen molar-refractivity contribution >= 4 is 60.3 Å². The molecule has 0 unspecified atom stereocenters. The van der Waals surface area contributed by atoms with Gasteiger partial charge in [0.2, 0.25) is 0 Å². The molecular weight excluding hydrogens is 965 g/mol. The average molecular weight is 1030 g/mol. The van der Waals surface area contributed by atoms with Crippen molar-refractivity contribution in [2.45, 2.75) is 26.2 Å². The van der Waals surface area contributed by atoms with Crippen molar-refractivity contribution in [2.24, 2.45) is 0 Å². The van der Waals surface area contributed by atoms with Gasteiger partial charge in [-0.2, -0.15) is 0 Å². The SMILES string of the molecule is [2H]c1c([2H])c([2H])c(-c2cccc(-c3c([2H])c([2H])c([2H])c([2H])c3[2H])c2-[n+]2[c-]n(-c3cccc(Oc4cc5c(cc4-n4c6ccccc6c6ccccc64)c4cc(-c6ccccc6)ccc4n5-c4cc(C(C)(C)C)ccn4)c3)c3ccc(N(C)C)cc32)c([2H])c1[2H]. The van der Waals surface area contributed by atoms with Crippen LogP contribution in [-0.2, 0) is 5.41 Å². The number of hydrogen-bond acceptors (Lipinski definition) is 3. The molecule has 0 atom stereocenters.